The van der Waals surface area contributed by atoms with Gasteiger partial charge >= 0.3 is 11.1 Å². The van der Waals surface area contributed by atoms with Crippen molar-refractivity contribution in [3.8, 4) is 5.69 Å². The van der Waals surface area contributed by atoms with E-state index in [9.17, 15) is 9.59 Å². The molecule has 0 radical (unpaired) electrons. The molecule has 3 rings (SSSR count). The molecular weight excluding hydrogens is 300 g/mol. The zero-order valence-electron chi connectivity index (χ0n) is 12.4. The maximum atomic E-state index is 12.3. The monoisotopic (exact) mass is 318 g/mol. The number of hydrogen-bond acceptors (Lipinski definition) is 2. The van der Waals surface area contributed by atoms with Crippen LogP contribution in [0, 0.1) is 5.92 Å². The third-order valence-corrected chi connectivity index (χ3v) is 4.56. The lowest BCUT2D eigenvalue weighted by Gasteiger charge is -2.22. The molecule has 0 saturated heterocycles. The molecule has 1 fully saturated rings. The average molecular weight is 319 g/mol. The third kappa shape index (κ3) is 3.17. The summed E-state index contributed by atoms with van der Waals surface area (Å²) in [6.45, 7) is 0.643. The van der Waals surface area contributed by atoms with Crippen molar-refractivity contribution >= 4 is 11.6 Å². The summed E-state index contributed by atoms with van der Waals surface area (Å²) in [5, 5.41) is 0.538. The molecule has 4 nitrogen and oxygen atoms in total. The molecule has 1 aliphatic carbocycles. The first kappa shape index (κ1) is 15.1. The molecule has 1 aromatic heterocycles. The second-order valence-corrected chi connectivity index (χ2v) is 6.35. The molecule has 5 heteroatoms. The van der Waals surface area contributed by atoms with Gasteiger partial charge in [-0.1, -0.05) is 36.9 Å². The van der Waals surface area contributed by atoms with Gasteiger partial charge in [0.2, 0.25) is 0 Å². The Morgan fingerprint density at radius 1 is 1.05 bits per heavy atom. The minimum Gasteiger partial charge on any atom is -0.309 e. The fourth-order valence-electron chi connectivity index (χ4n) is 3.13. The first-order valence-corrected chi connectivity index (χ1v) is 8.11. The zero-order chi connectivity index (χ0) is 15.5. The molecule has 0 atom stereocenters. The van der Waals surface area contributed by atoms with E-state index in [1.54, 1.807) is 41.2 Å². The smallest absolute Gasteiger partial charge is 0.309 e. The van der Waals surface area contributed by atoms with Crippen LogP contribution in [0.25, 0.3) is 5.69 Å². The van der Waals surface area contributed by atoms with Gasteiger partial charge in [0.1, 0.15) is 0 Å². The lowest BCUT2D eigenvalue weighted by atomic mass is 9.89. The quantitative estimate of drug-likeness (QED) is 0.815. The predicted octanol–water partition coefficient (Wildman–Crippen LogP) is 3.23. The Hall–Kier alpha value is -1.81. The number of nitrogens with zero attached hydrogens (tertiary/aromatic N) is 2. The lowest BCUT2D eigenvalue weighted by molar-refractivity contribution is 0.315. The van der Waals surface area contributed by atoms with Gasteiger partial charge < -0.3 is 4.57 Å². The maximum absolute atomic E-state index is 12.3. The minimum absolute atomic E-state index is 0.465. The summed E-state index contributed by atoms with van der Waals surface area (Å²) in [5.74, 6) is 0.507. The summed E-state index contributed by atoms with van der Waals surface area (Å²) < 4.78 is 2.91. The third-order valence-electron chi connectivity index (χ3n) is 4.32. The highest BCUT2D eigenvalue weighted by Gasteiger charge is 2.15. The van der Waals surface area contributed by atoms with Crippen LogP contribution in [0.1, 0.15) is 32.1 Å². The molecular formula is C17H19ClN2O2. The first-order chi connectivity index (χ1) is 10.6. The van der Waals surface area contributed by atoms with Crippen LogP contribution in [0.4, 0.5) is 0 Å². The van der Waals surface area contributed by atoms with Crippen molar-refractivity contribution in [3.63, 3.8) is 0 Å². The van der Waals surface area contributed by atoms with Gasteiger partial charge in [0, 0.05) is 24.0 Å². The van der Waals surface area contributed by atoms with Gasteiger partial charge in [-0.25, -0.2) is 0 Å². The highest BCUT2D eigenvalue weighted by molar-refractivity contribution is 6.30. The van der Waals surface area contributed by atoms with E-state index in [1.807, 2.05) is 0 Å². The van der Waals surface area contributed by atoms with Crippen LogP contribution in [0.15, 0.2) is 46.2 Å². The number of hydrogen-bond donors (Lipinski definition) is 0. The molecule has 0 spiro atoms. The predicted molar refractivity (Wildman–Crippen MR) is 87.9 cm³/mol. The van der Waals surface area contributed by atoms with Crippen molar-refractivity contribution in [1.82, 2.24) is 9.13 Å². The molecule has 0 bridgehead atoms. The Morgan fingerprint density at radius 3 is 2.55 bits per heavy atom. The molecule has 1 heterocycles. The summed E-state index contributed by atoms with van der Waals surface area (Å²) in [4.78, 5) is 24.6. The summed E-state index contributed by atoms with van der Waals surface area (Å²) >= 11 is 5.95. The molecule has 0 aliphatic heterocycles. The van der Waals surface area contributed by atoms with Crippen molar-refractivity contribution < 1.29 is 0 Å². The van der Waals surface area contributed by atoms with Gasteiger partial charge in [0.25, 0.3) is 0 Å². The largest absolute Gasteiger partial charge is 0.320 e. The molecule has 0 amide bonds. The van der Waals surface area contributed by atoms with E-state index < -0.39 is 11.1 Å². The fraction of sp³-hybridized carbons (Fsp3) is 0.412. The molecule has 22 heavy (non-hydrogen) atoms. The maximum Gasteiger partial charge on any atom is 0.320 e. The topological polar surface area (TPSA) is 44.0 Å². The summed E-state index contributed by atoms with van der Waals surface area (Å²) in [5.41, 5.74) is -0.381. The Bertz CT molecular complexity index is 773. The van der Waals surface area contributed by atoms with E-state index in [2.05, 4.69) is 0 Å². The first-order valence-electron chi connectivity index (χ1n) is 7.73. The highest BCUT2D eigenvalue weighted by atomic mass is 35.5. The SMILES string of the molecule is O=c1c(=O)n(-c2cccc(Cl)c2)ccn1CC1CCCCC1. The van der Waals surface area contributed by atoms with Gasteiger partial charge in [-0.05, 0) is 37.0 Å². The van der Waals surface area contributed by atoms with E-state index >= 15 is 0 Å². The highest BCUT2D eigenvalue weighted by Crippen LogP contribution is 2.24. The van der Waals surface area contributed by atoms with Crippen LogP contribution in [0.5, 0.6) is 0 Å². The van der Waals surface area contributed by atoms with E-state index in [4.69, 9.17) is 11.6 Å². The molecule has 116 valence electrons. The Labute approximate surface area is 134 Å². The van der Waals surface area contributed by atoms with Gasteiger partial charge in [-0.15, -0.1) is 0 Å². The van der Waals surface area contributed by atoms with Crippen molar-refractivity contribution in [2.24, 2.45) is 5.92 Å². The van der Waals surface area contributed by atoms with Crippen molar-refractivity contribution in [2.45, 2.75) is 38.6 Å². The van der Waals surface area contributed by atoms with Crippen molar-refractivity contribution in [2.75, 3.05) is 0 Å². The number of aromatic nitrogens is 2. The van der Waals surface area contributed by atoms with Crippen LogP contribution >= 0.6 is 11.6 Å². The lowest BCUT2D eigenvalue weighted by Crippen LogP contribution is -2.41. The van der Waals surface area contributed by atoms with Crippen LogP contribution < -0.4 is 11.1 Å². The number of halogens is 1. The van der Waals surface area contributed by atoms with E-state index in [0.717, 1.165) is 12.8 Å². The van der Waals surface area contributed by atoms with E-state index in [-0.39, 0.29) is 0 Å². The minimum atomic E-state index is -0.527. The summed E-state index contributed by atoms with van der Waals surface area (Å²) in [6.07, 6.45) is 9.37. The van der Waals surface area contributed by atoms with Crippen LogP contribution in [-0.2, 0) is 6.54 Å². The van der Waals surface area contributed by atoms with E-state index in [1.165, 1.54) is 23.8 Å². The van der Waals surface area contributed by atoms with Crippen LogP contribution in [-0.4, -0.2) is 9.13 Å². The standard InChI is InChI=1S/C17H19ClN2O2/c18-14-7-4-8-15(11-14)20-10-9-19(16(21)17(20)22)12-13-5-2-1-3-6-13/h4,7-11,13H,1-3,5-6,12H2. The van der Waals surface area contributed by atoms with Crippen LogP contribution in [0.3, 0.4) is 0 Å². The molecule has 2 aromatic rings. The summed E-state index contributed by atoms with van der Waals surface area (Å²) in [7, 11) is 0. The van der Waals surface area contributed by atoms with Gasteiger partial charge in [-0.3, -0.25) is 14.2 Å². The Morgan fingerprint density at radius 2 is 1.82 bits per heavy atom. The van der Waals surface area contributed by atoms with Gasteiger partial charge in [0.05, 0.1) is 5.69 Å². The second-order valence-electron chi connectivity index (χ2n) is 5.91. The van der Waals surface area contributed by atoms with E-state index in [0.29, 0.717) is 23.2 Å². The average Bonchev–Trinajstić information content (AvgIpc) is 2.53. The molecule has 0 N–H and O–H groups in total. The number of rotatable bonds is 3. The zero-order valence-corrected chi connectivity index (χ0v) is 13.1. The Kier molecular flexibility index (Phi) is 4.48. The second kappa shape index (κ2) is 6.53. The van der Waals surface area contributed by atoms with Crippen LogP contribution in [0.2, 0.25) is 5.02 Å². The Balaban J connectivity index is 1.91. The molecule has 1 saturated carbocycles. The van der Waals surface area contributed by atoms with Gasteiger partial charge in [-0.2, -0.15) is 0 Å². The van der Waals surface area contributed by atoms with Gasteiger partial charge in [0.15, 0.2) is 0 Å². The fourth-order valence-corrected chi connectivity index (χ4v) is 3.31. The van der Waals surface area contributed by atoms with Crippen molar-refractivity contribution in [3.05, 3.63) is 62.4 Å². The van der Waals surface area contributed by atoms with Crippen molar-refractivity contribution in [1.29, 1.82) is 0 Å². The molecule has 0 unspecified atom stereocenters. The molecule has 1 aliphatic rings. The summed E-state index contributed by atoms with van der Waals surface area (Å²) in [6, 6.07) is 6.93. The molecule has 1 aromatic carbocycles. The number of benzene rings is 1. The normalized spacial score (nSPS) is 15.9.